The number of rotatable bonds is 5. The number of hydrogen-bond donors (Lipinski definition) is 1. The summed E-state index contributed by atoms with van der Waals surface area (Å²) in [6.45, 7) is 0.0287. The molecule has 0 aliphatic carbocycles. The van der Waals surface area contributed by atoms with Crippen LogP contribution in [0.1, 0.15) is 17.2 Å². The number of aryl methyl sites for hydroxylation is 2. The molecule has 0 unspecified atom stereocenters. The summed E-state index contributed by atoms with van der Waals surface area (Å²) in [5.41, 5.74) is 1.73. The number of aromatic nitrogens is 2. The minimum absolute atomic E-state index is 0.0287. The molecule has 5 nitrogen and oxygen atoms in total. The highest BCUT2D eigenvalue weighted by Gasteiger charge is 2.09. The van der Waals surface area contributed by atoms with Gasteiger partial charge in [-0.05, 0) is 17.7 Å². The Bertz CT molecular complexity index is 657. The Labute approximate surface area is 115 Å². The Morgan fingerprint density at radius 1 is 1.05 bits per heavy atom. The Morgan fingerprint density at radius 3 is 2.60 bits per heavy atom. The average Bonchev–Trinajstić information content (AvgIpc) is 3.17. The zero-order chi connectivity index (χ0) is 13.8. The molecule has 0 saturated heterocycles. The number of furan rings is 1. The van der Waals surface area contributed by atoms with Gasteiger partial charge in [-0.1, -0.05) is 29.4 Å². The third kappa shape index (κ3) is 2.78. The van der Waals surface area contributed by atoms with Gasteiger partial charge in [0.15, 0.2) is 0 Å². The number of aliphatic hydroxyl groups excluding tert-OH is 1. The molecule has 0 amide bonds. The Kier molecular flexibility index (Phi) is 3.60. The quantitative estimate of drug-likeness (QED) is 0.771. The molecule has 2 aromatic heterocycles. The van der Waals surface area contributed by atoms with Gasteiger partial charge in [0.2, 0.25) is 11.7 Å². The fourth-order valence-electron chi connectivity index (χ4n) is 1.92. The number of nitrogens with zero attached hydrogens (tertiary/aromatic N) is 2. The van der Waals surface area contributed by atoms with E-state index in [9.17, 15) is 0 Å². The molecule has 1 N–H and O–H groups in total. The average molecular weight is 270 g/mol. The molecule has 3 rings (SSSR count). The standard InChI is InChI=1S/C15H14N2O3/c18-10-11-3-5-12(6-4-11)15-16-14(20-17-15)8-7-13-2-1-9-19-13/h1-6,9,18H,7-8,10H2. The second kappa shape index (κ2) is 5.71. The second-order valence-electron chi connectivity index (χ2n) is 4.45. The summed E-state index contributed by atoms with van der Waals surface area (Å²) in [7, 11) is 0. The van der Waals surface area contributed by atoms with Crippen molar-refractivity contribution < 1.29 is 14.0 Å². The molecule has 20 heavy (non-hydrogen) atoms. The largest absolute Gasteiger partial charge is 0.469 e. The molecule has 1 aromatic carbocycles. The topological polar surface area (TPSA) is 72.3 Å². The van der Waals surface area contributed by atoms with Crippen LogP contribution in [0.25, 0.3) is 11.4 Å². The van der Waals surface area contributed by atoms with Crippen molar-refractivity contribution in [3.63, 3.8) is 0 Å². The predicted molar refractivity (Wildman–Crippen MR) is 71.8 cm³/mol. The first kappa shape index (κ1) is 12.6. The van der Waals surface area contributed by atoms with Crippen molar-refractivity contribution >= 4 is 0 Å². The van der Waals surface area contributed by atoms with E-state index >= 15 is 0 Å². The van der Waals surface area contributed by atoms with Gasteiger partial charge in [0.05, 0.1) is 12.9 Å². The fraction of sp³-hybridized carbons (Fsp3) is 0.200. The molecule has 0 bridgehead atoms. The number of aliphatic hydroxyl groups is 1. The maximum Gasteiger partial charge on any atom is 0.227 e. The van der Waals surface area contributed by atoms with E-state index in [0.29, 0.717) is 18.1 Å². The summed E-state index contributed by atoms with van der Waals surface area (Å²) in [6.07, 6.45) is 3.03. The van der Waals surface area contributed by atoms with Gasteiger partial charge < -0.3 is 14.0 Å². The first-order chi connectivity index (χ1) is 9.85. The van der Waals surface area contributed by atoms with Gasteiger partial charge in [-0.15, -0.1) is 0 Å². The van der Waals surface area contributed by atoms with E-state index < -0.39 is 0 Å². The molecular weight excluding hydrogens is 256 g/mol. The van der Waals surface area contributed by atoms with Crippen LogP contribution >= 0.6 is 0 Å². The van der Waals surface area contributed by atoms with Gasteiger partial charge in [0, 0.05) is 18.4 Å². The maximum atomic E-state index is 9.00. The summed E-state index contributed by atoms with van der Waals surface area (Å²) in [5, 5.41) is 13.0. The van der Waals surface area contributed by atoms with E-state index in [2.05, 4.69) is 10.1 Å². The van der Waals surface area contributed by atoms with Crippen molar-refractivity contribution in [2.45, 2.75) is 19.4 Å². The third-order valence-electron chi connectivity index (χ3n) is 3.03. The highest BCUT2D eigenvalue weighted by Crippen LogP contribution is 2.17. The van der Waals surface area contributed by atoms with Crippen LogP contribution in [0.5, 0.6) is 0 Å². The zero-order valence-electron chi connectivity index (χ0n) is 10.8. The van der Waals surface area contributed by atoms with Gasteiger partial charge in [-0.25, -0.2) is 0 Å². The summed E-state index contributed by atoms with van der Waals surface area (Å²) in [6, 6.07) is 11.2. The van der Waals surface area contributed by atoms with Crippen molar-refractivity contribution in [3.8, 4) is 11.4 Å². The monoisotopic (exact) mass is 270 g/mol. The molecule has 0 atom stereocenters. The van der Waals surface area contributed by atoms with E-state index in [-0.39, 0.29) is 6.61 Å². The van der Waals surface area contributed by atoms with Gasteiger partial charge in [-0.2, -0.15) is 4.98 Å². The van der Waals surface area contributed by atoms with Crippen molar-refractivity contribution in [2.75, 3.05) is 0 Å². The number of benzene rings is 1. The van der Waals surface area contributed by atoms with Gasteiger partial charge in [-0.3, -0.25) is 0 Å². The molecule has 3 aromatic rings. The van der Waals surface area contributed by atoms with Crippen LogP contribution in [0, 0.1) is 0 Å². The number of hydrogen-bond acceptors (Lipinski definition) is 5. The van der Waals surface area contributed by atoms with Crippen LogP contribution in [0.15, 0.2) is 51.6 Å². The highest BCUT2D eigenvalue weighted by molar-refractivity contribution is 5.54. The van der Waals surface area contributed by atoms with Crippen molar-refractivity contribution in [3.05, 3.63) is 59.9 Å². The molecule has 0 spiro atoms. The zero-order valence-corrected chi connectivity index (χ0v) is 10.8. The van der Waals surface area contributed by atoms with Crippen molar-refractivity contribution in [2.24, 2.45) is 0 Å². The fourth-order valence-corrected chi connectivity index (χ4v) is 1.92. The van der Waals surface area contributed by atoms with Crippen LogP contribution in [0.3, 0.4) is 0 Å². The summed E-state index contributed by atoms with van der Waals surface area (Å²) < 4.78 is 10.5. The first-order valence-electron chi connectivity index (χ1n) is 6.40. The van der Waals surface area contributed by atoms with Crippen LogP contribution in [-0.2, 0) is 19.4 Å². The second-order valence-corrected chi connectivity index (χ2v) is 4.45. The lowest BCUT2D eigenvalue weighted by Crippen LogP contribution is -1.90. The minimum Gasteiger partial charge on any atom is -0.469 e. The van der Waals surface area contributed by atoms with E-state index in [1.807, 2.05) is 36.4 Å². The third-order valence-corrected chi connectivity index (χ3v) is 3.03. The molecular formula is C15H14N2O3. The maximum absolute atomic E-state index is 9.00. The van der Waals surface area contributed by atoms with Gasteiger partial charge in [0.25, 0.3) is 0 Å². The molecule has 0 fully saturated rings. The van der Waals surface area contributed by atoms with Gasteiger partial charge >= 0.3 is 0 Å². The normalized spacial score (nSPS) is 10.8. The summed E-state index contributed by atoms with van der Waals surface area (Å²) in [4.78, 5) is 4.35. The van der Waals surface area contributed by atoms with Gasteiger partial charge in [0.1, 0.15) is 5.76 Å². The molecule has 0 aliphatic rings. The van der Waals surface area contributed by atoms with E-state index in [4.69, 9.17) is 14.0 Å². The Morgan fingerprint density at radius 2 is 1.90 bits per heavy atom. The predicted octanol–water partition coefficient (Wildman–Crippen LogP) is 2.61. The SMILES string of the molecule is OCc1ccc(-c2noc(CCc3ccco3)n2)cc1. The van der Waals surface area contributed by atoms with Crippen molar-refractivity contribution in [1.29, 1.82) is 0 Å². The molecule has 0 aliphatic heterocycles. The van der Waals surface area contributed by atoms with Crippen LogP contribution in [0.2, 0.25) is 0 Å². The van der Waals surface area contributed by atoms with Crippen molar-refractivity contribution in [1.82, 2.24) is 10.1 Å². The van der Waals surface area contributed by atoms with Crippen LogP contribution < -0.4 is 0 Å². The van der Waals surface area contributed by atoms with E-state index in [1.165, 1.54) is 0 Å². The molecule has 102 valence electrons. The molecule has 2 heterocycles. The molecule has 5 heteroatoms. The summed E-state index contributed by atoms with van der Waals surface area (Å²) >= 11 is 0. The van der Waals surface area contributed by atoms with Crippen LogP contribution in [0.4, 0.5) is 0 Å². The first-order valence-corrected chi connectivity index (χ1v) is 6.40. The minimum atomic E-state index is 0.0287. The Hall–Kier alpha value is -2.40. The Balaban J connectivity index is 1.69. The lowest BCUT2D eigenvalue weighted by Gasteiger charge is -1.96. The lowest BCUT2D eigenvalue weighted by molar-refractivity contribution is 0.282. The van der Waals surface area contributed by atoms with E-state index in [0.717, 1.165) is 23.3 Å². The smallest absolute Gasteiger partial charge is 0.227 e. The summed E-state index contributed by atoms with van der Waals surface area (Å²) in [5.74, 6) is 2.05. The lowest BCUT2D eigenvalue weighted by atomic mass is 10.1. The highest BCUT2D eigenvalue weighted by atomic mass is 16.5. The van der Waals surface area contributed by atoms with Crippen LogP contribution in [-0.4, -0.2) is 15.2 Å². The molecule has 0 saturated carbocycles. The molecule has 0 radical (unpaired) electrons. The van der Waals surface area contributed by atoms with E-state index in [1.54, 1.807) is 6.26 Å².